The summed E-state index contributed by atoms with van der Waals surface area (Å²) >= 11 is 0. The predicted octanol–water partition coefficient (Wildman–Crippen LogP) is 4.55. The number of aliphatic hydroxyl groups is 1. The fraction of sp³-hybridized carbons (Fsp3) is 0.960. The van der Waals surface area contributed by atoms with E-state index in [1.165, 1.54) is 25.7 Å². The van der Waals surface area contributed by atoms with Gasteiger partial charge in [0.2, 0.25) is 0 Å². The van der Waals surface area contributed by atoms with Crippen molar-refractivity contribution in [1.29, 1.82) is 0 Å². The maximum Gasteiger partial charge on any atom is 0.303 e. The summed E-state index contributed by atoms with van der Waals surface area (Å²) in [5, 5.41) is 20.4. The monoisotopic (exact) mass is 470 g/mol. The average Bonchev–Trinajstić information content (AvgIpc) is 3.05. The molecular formula is C25H43O6P. The molecule has 0 radical (unpaired) electrons. The molecule has 4 fully saturated rings. The number of aliphatic hydroxyl groups excluding tert-OH is 1. The van der Waals surface area contributed by atoms with E-state index in [0.29, 0.717) is 42.4 Å². The molecule has 0 bridgehead atoms. The summed E-state index contributed by atoms with van der Waals surface area (Å²) < 4.78 is 5.99. The summed E-state index contributed by atoms with van der Waals surface area (Å²) in [4.78, 5) is 29.3. The molecule has 9 atom stereocenters. The van der Waals surface area contributed by atoms with E-state index in [0.717, 1.165) is 38.5 Å². The fourth-order valence-electron chi connectivity index (χ4n) is 8.72. The van der Waals surface area contributed by atoms with E-state index in [4.69, 9.17) is 19.6 Å². The Labute approximate surface area is 194 Å². The van der Waals surface area contributed by atoms with Crippen molar-refractivity contribution in [2.24, 2.45) is 40.4 Å². The lowest BCUT2D eigenvalue weighted by atomic mass is 9.44. The molecule has 4 aliphatic rings. The van der Waals surface area contributed by atoms with Gasteiger partial charge in [0.1, 0.15) is 0 Å². The predicted molar refractivity (Wildman–Crippen MR) is 124 cm³/mol. The van der Waals surface area contributed by atoms with E-state index in [2.05, 4.69) is 13.8 Å². The van der Waals surface area contributed by atoms with E-state index >= 15 is 0 Å². The first-order chi connectivity index (χ1) is 15.1. The molecule has 7 heteroatoms. The molecule has 8 unspecified atom stereocenters. The Morgan fingerprint density at radius 1 is 1.03 bits per heavy atom. The number of hydrogen-bond donors (Lipinski definition) is 4. The normalized spacial score (nSPS) is 45.9. The van der Waals surface area contributed by atoms with Crippen molar-refractivity contribution in [3.63, 3.8) is 0 Å². The number of hydrogen-bond acceptors (Lipinski definition) is 5. The number of carboxylic acids is 1. The second-order valence-corrected chi connectivity index (χ2v) is 13.0. The summed E-state index contributed by atoms with van der Waals surface area (Å²) in [7, 11) is -1.89. The highest BCUT2D eigenvalue weighted by atomic mass is 31.2. The number of rotatable bonds is 8. The zero-order valence-electron chi connectivity index (χ0n) is 19.8. The van der Waals surface area contributed by atoms with Gasteiger partial charge in [0.15, 0.2) is 8.38 Å². The van der Waals surface area contributed by atoms with Gasteiger partial charge in [-0.2, -0.15) is 0 Å². The lowest BCUT2D eigenvalue weighted by molar-refractivity contribution is -0.176. The van der Waals surface area contributed by atoms with Gasteiger partial charge in [0.05, 0.1) is 18.8 Å². The molecule has 0 aromatic rings. The molecular weight excluding hydrogens is 427 g/mol. The van der Waals surface area contributed by atoms with Gasteiger partial charge >= 0.3 is 5.97 Å². The summed E-state index contributed by atoms with van der Waals surface area (Å²) in [6.45, 7) is 5.32. The largest absolute Gasteiger partial charge is 0.481 e. The minimum Gasteiger partial charge on any atom is -0.481 e. The molecule has 4 aliphatic carbocycles. The number of aliphatic carboxylic acids is 1. The lowest BCUT2D eigenvalue weighted by Gasteiger charge is -2.62. The SMILES string of the molecule is CC12CCC3C(C(O)CC4C[C@H](OCCP(O)O)CCC43C)C1CCC2CCCC(=O)O. The van der Waals surface area contributed by atoms with E-state index in [-0.39, 0.29) is 29.5 Å². The molecule has 32 heavy (non-hydrogen) atoms. The van der Waals surface area contributed by atoms with E-state index in [1.54, 1.807) is 0 Å². The quantitative estimate of drug-likeness (QED) is 0.388. The van der Waals surface area contributed by atoms with Gasteiger partial charge in [0.25, 0.3) is 0 Å². The van der Waals surface area contributed by atoms with E-state index in [1.807, 2.05) is 0 Å². The molecule has 0 saturated heterocycles. The maximum atomic E-state index is 11.4. The number of fused-ring (bicyclic) bond motifs is 5. The van der Waals surface area contributed by atoms with Crippen LogP contribution >= 0.6 is 8.38 Å². The van der Waals surface area contributed by atoms with Crippen LogP contribution in [0.3, 0.4) is 0 Å². The second-order valence-electron chi connectivity index (χ2n) is 11.8. The molecule has 0 aliphatic heterocycles. The highest BCUT2D eigenvalue weighted by Gasteiger charge is 2.62. The Kier molecular flexibility index (Phi) is 7.59. The molecule has 0 spiro atoms. The van der Waals surface area contributed by atoms with Crippen LogP contribution in [0.5, 0.6) is 0 Å². The molecule has 0 amide bonds. The van der Waals surface area contributed by atoms with Crippen molar-refractivity contribution in [2.75, 3.05) is 12.8 Å². The summed E-state index contributed by atoms with van der Waals surface area (Å²) in [5.41, 5.74) is 0.504. The number of carboxylic acid groups (broad SMARTS) is 1. The smallest absolute Gasteiger partial charge is 0.303 e. The first-order valence-electron chi connectivity index (χ1n) is 12.8. The molecule has 4 N–H and O–H groups in total. The Morgan fingerprint density at radius 2 is 1.75 bits per heavy atom. The zero-order chi connectivity index (χ0) is 23.1. The minimum absolute atomic E-state index is 0.172. The Morgan fingerprint density at radius 3 is 2.47 bits per heavy atom. The second kappa shape index (κ2) is 9.77. The van der Waals surface area contributed by atoms with Gasteiger partial charge < -0.3 is 24.7 Å². The average molecular weight is 471 g/mol. The number of ether oxygens (including phenoxy) is 1. The van der Waals surface area contributed by atoms with Gasteiger partial charge in [-0.05, 0) is 105 Å². The maximum absolute atomic E-state index is 11.4. The van der Waals surface area contributed by atoms with Crippen molar-refractivity contribution in [2.45, 2.75) is 96.7 Å². The van der Waals surface area contributed by atoms with E-state index in [9.17, 15) is 9.90 Å². The Balaban J connectivity index is 1.42. The van der Waals surface area contributed by atoms with Crippen LogP contribution in [0.25, 0.3) is 0 Å². The highest BCUT2D eigenvalue weighted by molar-refractivity contribution is 7.45. The summed E-state index contributed by atoms with van der Waals surface area (Å²) in [5.74, 6) is 1.88. The number of carbonyl (C=O) groups is 1. The van der Waals surface area contributed by atoms with Gasteiger partial charge in [-0.15, -0.1) is 0 Å². The van der Waals surface area contributed by atoms with Crippen molar-refractivity contribution >= 4 is 14.3 Å². The first kappa shape index (κ1) is 24.9. The van der Waals surface area contributed by atoms with Crippen molar-refractivity contribution in [1.82, 2.24) is 0 Å². The van der Waals surface area contributed by atoms with Crippen molar-refractivity contribution in [3.05, 3.63) is 0 Å². The van der Waals surface area contributed by atoms with Crippen molar-refractivity contribution < 1.29 is 29.5 Å². The van der Waals surface area contributed by atoms with Crippen molar-refractivity contribution in [3.8, 4) is 0 Å². The van der Waals surface area contributed by atoms with Crippen LogP contribution < -0.4 is 0 Å². The zero-order valence-corrected chi connectivity index (χ0v) is 20.7. The van der Waals surface area contributed by atoms with Crippen LogP contribution in [0.15, 0.2) is 0 Å². The topological polar surface area (TPSA) is 107 Å². The van der Waals surface area contributed by atoms with Crippen LogP contribution in [0.4, 0.5) is 0 Å². The summed E-state index contributed by atoms with van der Waals surface area (Å²) in [6, 6.07) is 0. The van der Waals surface area contributed by atoms with Gasteiger partial charge in [-0.25, -0.2) is 0 Å². The third kappa shape index (κ3) is 4.64. The lowest BCUT2D eigenvalue weighted by Crippen LogP contribution is -2.58. The van der Waals surface area contributed by atoms with Crippen LogP contribution in [-0.4, -0.2) is 50.9 Å². The highest BCUT2D eigenvalue weighted by Crippen LogP contribution is 2.68. The third-order valence-electron chi connectivity index (χ3n) is 10.4. The molecule has 184 valence electrons. The third-order valence-corrected chi connectivity index (χ3v) is 11.0. The molecule has 0 aromatic heterocycles. The first-order valence-corrected chi connectivity index (χ1v) is 14.2. The van der Waals surface area contributed by atoms with E-state index < -0.39 is 14.3 Å². The van der Waals surface area contributed by atoms with Gasteiger partial charge in [-0.1, -0.05) is 13.8 Å². The molecule has 4 saturated carbocycles. The van der Waals surface area contributed by atoms with Gasteiger partial charge in [-0.3, -0.25) is 4.79 Å². The summed E-state index contributed by atoms with van der Waals surface area (Å²) in [6.07, 6.45) is 11.1. The van der Waals surface area contributed by atoms with Crippen LogP contribution in [0, 0.1) is 40.4 Å². The molecule has 0 aromatic carbocycles. The Bertz CT molecular complexity index is 673. The van der Waals surface area contributed by atoms with Crippen LogP contribution in [0.1, 0.15) is 84.5 Å². The molecule has 0 heterocycles. The van der Waals surface area contributed by atoms with Crippen LogP contribution in [0.2, 0.25) is 0 Å². The molecule has 4 rings (SSSR count). The fourth-order valence-corrected chi connectivity index (χ4v) is 8.99. The standard InChI is InChI=1S/C25H43O6P/c1-24-11-9-20-23(19(24)7-6-16(24)4-3-5-22(27)28)21(26)15-17-14-18(8-10-25(17,20)2)31-12-13-32(29)30/h16-21,23,26,29-30H,3-15H2,1-2H3,(H,27,28)/t16?,17?,18-,19?,20?,21?,23?,24?,25?/m1/s1. The Hall–Kier alpha value is -0.260. The van der Waals surface area contributed by atoms with Gasteiger partial charge in [0, 0.05) is 12.6 Å². The van der Waals surface area contributed by atoms with Crippen LogP contribution in [-0.2, 0) is 9.53 Å². The molecule has 6 nitrogen and oxygen atoms in total. The minimum atomic E-state index is -1.89.